The lowest BCUT2D eigenvalue weighted by Crippen LogP contribution is -2.54. The van der Waals surface area contributed by atoms with Gasteiger partial charge < -0.3 is 18.6 Å². The largest absolute Gasteiger partial charge is 0.442 e. The van der Waals surface area contributed by atoms with Gasteiger partial charge in [-0.05, 0) is 13.8 Å². The second-order valence-corrected chi connectivity index (χ2v) is 6.50. The highest BCUT2D eigenvalue weighted by atomic mass is 16.5. The summed E-state index contributed by atoms with van der Waals surface area (Å²) in [5.74, 6) is 0.268. The molecule has 0 spiro atoms. The number of furan rings is 1. The molecule has 1 saturated heterocycles. The SMILES string of the molecule is COCCN1CCN(C(=O)c2c(C)oc3ncn(C)c(=O)c23)CC1C. The van der Waals surface area contributed by atoms with Gasteiger partial charge in [-0.1, -0.05) is 0 Å². The highest BCUT2D eigenvalue weighted by Crippen LogP contribution is 2.23. The maximum Gasteiger partial charge on any atom is 0.265 e. The molecule has 1 unspecified atom stereocenters. The lowest BCUT2D eigenvalue weighted by Gasteiger charge is -2.39. The molecule has 0 bridgehead atoms. The predicted octanol–water partition coefficient (Wildman–Crippen LogP) is 0.628. The van der Waals surface area contributed by atoms with Gasteiger partial charge in [0.2, 0.25) is 5.71 Å². The van der Waals surface area contributed by atoms with Crippen molar-refractivity contribution in [1.82, 2.24) is 19.4 Å². The number of aromatic nitrogens is 2. The van der Waals surface area contributed by atoms with Crippen molar-refractivity contribution in [3.8, 4) is 0 Å². The lowest BCUT2D eigenvalue weighted by atomic mass is 10.1. The fraction of sp³-hybridized carbons (Fsp3) is 0.588. The molecule has 0 aliphatic carbocycles. The van der Waals surface area contributed by atoms with E-state index in [1.807, 2.05) is 0 Å². The molecular formula is C17H24N4O4. The van der Waals surface area contributed by atoms with Gasteiger partial charge in [0.1, 0.15) is 17.5 Å². The van der Waals surface area contributed by atoms with E-state index >= 15 is 0 Å². The number of aryl methyl sites for hydroxylation is 2. The Kier molecular flexibility index (Phi) is 4.91. The summed E-state index contributed by atoms with van der Waals surface area (Å²) in [4.78, 5) is 33.7. The van der Waals surface area contributed by atoms with Gasteiger partial charge in [0.25, 0.3) is 11.5 Å². The summed E-state index contributed by atoms with van der Waals surface area (Å²) in [5, 5.41) is 0.266. The minimum atomic E-state index is -0.267. The zero-order valence-corrected chi connectivity index (χ0v) is 15.1. The maximum absolute atomic E-state index is 13.1. The van der Waals surface area contributed by atoms with Gasteiger partial charge in [0.15, 0.2) is 0 Å². The van der Waals surface area contributed by atoms with Crippen molar-refractivity contribution in [2.45, 2.75) is 19.9 Å². The van der Waals surface area contributed by atoms with E-state index in [-0.39, 0.29) is 28.6 Å². The van der Waals surface area contributed by atoms with Crippen LogP contribution in [-0.2, 0) is 11.8 Å². The Morgan fingerprint density at radius 2 is 2.20 bits per heavy atom. The van der Waals surface area contributed by atoms with E-state index in [1.54, 1.807) is 26.0 Å². The number of carbonyl (C=O) groups excluding carboxylic acids is 1. The van der Waals surface area contributed by atoms with Crippen LogP contribution >= 0.6 is 0 Å². The van der Waals surface area contributed by atoms with Crippen LogP contribution < -0.4 is 5.56 Å². The molecule has 1 aliphatic rings. The van der Waals surface area contributed by atoms with Crippen LogP contribution in [0.5, 0.6) is 0 Å². The van der Waals surface area contributed by atoms with Crippen molar-refractivity contribution in [1.29, 1.82) is 0 Å². The first-order valence-electron chi connectivity index (χ1n) is 8.41. The third-order valence-electron chi connectivity index (χ3n) is 4.80. The van der Waals surface area contributed by atoms with Crippen LogP contribution in [0.1, 0.15) is 23.0 Å². The third kappa shape index (κ3) is 3.19. The van der Waals surface area contributed by atoms with Gasteiger partial charge in [0.05, 0.1) is 12.2 Å². The number of nitrogens with zero attached hydrogens (tertiary/aromatic N) is 4. The Morgan fingerprint density at radius 1 is 1.44 bits per heavy atom. The zero-order valence-electron chi connectivity index (χ0n) is 15.1. The summed E-state index contributed by atoms with van der Waals surface area (Å²) < 4.78 is 12.0. The molecule has 0 saturated carbocycles. The summed E-state index contributed by atoms with van der Waals surface area (Å²) in [6.07, 6.45) is 1.40. The van der Waals surface area contributed by atoms with Crippen LogP contribution in [0.15, 0.2) is 15.5 Å². The van der Waals surface area contributed by atoms with Crippen LogP contribution in [0.2, 0.25) is 0 Å². The van der Waals surface area contributed by atoms with E-state index in [9.17, 15) is 9.59 Å². The number of piperazine rings is 1. The summed E-state index contributed by atoms with van der Waals surface area (Å²) in [5.41, 5.74) is 0.286. The Balaban J connectivity index is 1.87. The van der Waals surface area contributed by atoms with Gasteiger partial charge in [-0.25, -0.2) is 4.98 Å². The number of fused-ring (bicyclic) bond motifs is 1. The molecule has 2 aromatic rings. The molecular weight excluding hydrogens is 324 g/mol. The van der Waals surface area contributed by atoms with Gasteiger partial charge >= 0.3 is 0 Å². The Morgan fingerprint density at radius 3 is 2.88 bits per heavy atom. The Bertz CT molecular complexity index is 841. The van der Waals surface area contributed by atoms with Crippen LogP contribution in [0.25, 0.3) is 11.1 Å². The van der Waals surface area contributed by atoms with Crippen LogP contribution in [0, 0.1) is 6.92 Å². The van der Waals surface area contributed by atoms with E-state index < -0.39 is 0 Å². The van der Waals surface area contributed by atoms with Gasteiger partial charge in [0, 0.05) is 46.4 Å². The topological polar surface area (TPSA) is 80.8 Å². The number of methoxy groups -OCH3 is 1. The van der Waals surface area contributed by atoms with Crippen molar-refractivity contribution in [3.63, 3.8) is 0 Å². The molecule has 8 nitrogen and oxygen atoms in total. The first kappa shape index (κ1) is 17.6. The van der Waals surface area contributed by atoms with Crippen molar-refractivity contribution < 1.29 is 13.9 Å². The second kappa shape index (κ2) is 6.97. The monoisotopic (exact) mass is 348 g/mol. The molecule has 2 aromatic heterocycles. The molecule has 1 aliphatic heterocycles. The van der Waals surface area contributed by atoms with E-state index in [2.05, 4.69) is 16.8 Å². The minimum absolute atomic E-state index is 0.167. The molecule has 136 valence electrons. The molecule has 3 rings (SSSR count). The highest BCUT2D eigenvalue weighted by Gasteiger charge is 2.31. The van der Waals surface area contributed by atoms with E-state index in [0.717, 1.165) is 13.1 Å². The summed E-state index contributed by atoms with van der Waals surface area (Å²) in [7, 11) is 3.30. The minimum Gasteiger partial charge on any atom is -0.442 e. The van der Waals surface area contributed by atoms with Gasteiger partial charge in [-0.2, -0.15) is 0 Å². The Hall–Kier alpha value is -2.19. The van der Waals surface area contributed by atoms with E-state index in [4.69, 9.17) is 9.15 Å². The fourth-order valence-corrected chi connectivity index (χ4v) is 3.32. The number of amides is 1. The average Bonchev–Trinajstić information content (AvgIpc) is 2.93. The Labute approximate surface area is 146 Å². The number of hydrogen-bond acceptors (Lipinski definition) is 6. The lowest BCUT2D eigenvalue weighted by molar-refractivity contribution is 0.0434. The molecule has 3 heterocycles. The normalized spacial score (nSPS) is 18.9. The molecule has 25 heavy (non-hydrogen) atoms. The molecule has 1 atom stereocenters. The third-order valence-corrected chi connectivity index (χ3v) is 4.80. The van der Waals surface area contributed by atoms with Crippen molar-refractivity contribution in [3.05, 3.63) is 28.0 Å². The van der Waals surface area contributed by atoms with Crippen LogP contribution in [0.4, 0.5) is 0 Å². The van der Waals surface area contributed by atoms with Gasteiger partial charge in [-0.15, -0.1) is 0 Å². The number of carbonyl (C=O) groups is 1. The van der Waals surface area contributed by atoms with Crippen molar-refractivity contribution in [2.75, 3.05) is 39.9 Å². The second-order valence-electron chi connectivity index (χ2n) is 6.50. The van der Waals surface area contributed by atoms with E-state index in [1.165, 1.54) is 10.9 Å². The van der Waals surface area contributed by atoms with Gasteiger partial charge in [-0.3, -0.25) is 14.5 Å². The quantitative estimate of drug-likeness (QED) is 0.806. The fourth-order valence-electron chi connectivity index (χ4n) is 3.32. The molecule has 8 heteroatoms. The van der Waals surface area contributed by atoms with E-state index in [0.29, 0.717) is 31.0 Å². The predicted molar refractivity (Wildman–Crippen MR) is 92.8 cm³/mol. The molecule has 0 radical (unpaired) electrons. The van der Waals surface area contributed by atoms with Crippen LogP contribution in [-0.4, -0.2) is 71.2 Å². The first-order chi connectivity index (χ1) is 11.9. The summed E-state index contributed by atoms with van der Waals surface area (Å²) >= 11 is 0. The highest BCUT2D eigenvalue weighted by molar-refractivity contribution is 6.06. The first-order valence-corrected chi connectivity index (χ1v) is 8.41. The van der Waals surface area contributed by atoms with Crippen molar-refractivity contribution >= 4 is 17.0 Å². The number of ether oxygens (including phenoxy) is 1. The number of rotatable bonds is 4. The van der Waals surface area contributed by atoms with Crippen LogP contribution in [0.3, 0.4) is 0 Å². The maximum atomic E-state index is 13.1. The standard InChI is InChI=1S/C17H24N4O4/c1-11-9-21(6-5-20(11)7-8-24-4)17(23)13-12(2)25-15-14(13)16(22)19(3)10-18-15/h10-11H,5-9H2,1-4H3. The smallest absolute Gasteiger partial charge is 0.265 e. The number of hydrogen-bond donors (Lipinski definition) is 0. The molecule has 0 aromatic carbocycles. The summed E-state index contributed by atoms with van der Waals surface area (Å²) in [6, 6.07) is 0.229. The molecule has 1 amide bonds. The van der Waals surface area contributed by atoms with Crippen molar-refractivity contribution in [2.24, 2.45) is 7.05 Å². The molecule has 0 N–H and O–H groups in total. The zero-order chi connectivity index (χ0) is 18.1. The molecule has 1 fully saturated rings. The summed E-state index contributed by atoms with van der Waals surface area (Å²) in [6.45, 7) is 7.31. The average molecular weight is 348 g/mol.